The summed E-state index contributed by atoms with van der Waals surface area (Å²) in [6.45, 7) is 0. The smallest absolute Gasteiger partial charge is 0.334 e. The highest BCUT2D eigenvalue weighted by molar-refractivity contribution is 5.90. The summed E-state index contributed by atoms with van der Waals surface area (Å²) in [5.41, 5.74) is 2.35. The van der Waals surface area contributed by atoms with Gasteiger partial charge < -0.3 is 4.74 Å². The molecule has 76 valence electrons. The van der Waals surface area contributed by atoms with E-state index in [0.717, 1.165) is 18.4 Å². The Labute approximate surface area is 84.6 Å². The standard InChI is InChI=1S/C12H16O2/c1-14-12(13)11-8-4-6-9-5-2-3-7-10(9)11/h6,8,10H,2-5,7H2,1H3. The third kappa shape index (κ3) is 1.61. The molecule has 0 aliphatic heterocycles. The topological polar surface area (TPSA) is 26.3 Å². The lowest BCUT2D eigenvalue weighted by Crippen LogP contribution is -2.21. The van der Waals surface area contributed by atoms with Gasteiger partial charge in [-0.25, -0.2) is 4.79 Å². The average Bonchev–Trinajstić information content (AvgIpc) is 2.27. The maximum atomic E-state index is 11.5. The molecular formula is C12H16O2. The second-order valence-corrected chi connectivity index (χ2v) is 3.96. The molecule has 1 saturated carbocycles. The van der Waals surface area contributed by atoms with Crippen molar-refractivity contribution >= 4 is 5.97 Å². The summed E-state index contributed by atoms with van der Waals surface area (Å²) < 4.78 is 4.80. The quantitative estimate of drug-likeness (QED) is 0.471. The molecule has 2 nitrogen and oxygen atoms in total. The highest BCUT2D eigenvalue weighted by atomic mass is 16.5. The van der Waals surface area contributed by atoms with Crippen LogP contribution in [0.4, 0.5) is 0 Å². The number of fused-ring (bicyclic) bond motifs is 1. The van der Waals surface area contributed by atoms with Gasteiger partial charge in [0.1, 0.15) is 0 Å². The SMILES string of the molecule is COC(=O)C1=CCC=C2CCCCC21. The number of allylic oxidation sites excluding steroid dienone is 3. The molecule has 0 aromatic heterocycles. The number of hydrogen-bond donors (Lipinski definition) is 0. The Bertz CT molecular complexity index is 299. The van der Waals surface area contributed by atoms with Gasteiger partial charge in [-0.2, -0.15) is 0 Å². The first-order valence-corrected chi connectivity index (χ1v) is 5.30. The van der Waals surface area contributed by atoms with E-state index in [4.69, 9.17) is 4.74 Å². The van der Waals surface area contributed by atoms with E-state index in [-0.39, 0.29) is 5.97 Å². The van der Waals surface area contributed by atoms with Gasteiger partial charge in [0.2, 0.25) is 0 Å². The van der Waals surface area contributed by atoms with Crippen LogP contribution in [0.15, 0.2) is 23.3 Å². The van der Waals surface area contributed by atoms with Crippen LogP contribution in [0.1, 0.15) is 32.1 Å². The zero-order chi connectivity index (χ0) is 9.97. The molecule has 0 aromatic carbocycles. The van der Waals surface area contributed by atoms with Gasteiger partial charge in [-0.15, -0.1) is 0 Å². The number of carbonyl (C=O) groups is 1. The minimum atomic E-state index is -0.137. The Balaban J connectivity index is 2.18. The highest BCUT2D eigenvalue weighted by Crippen LogP contribution is 2.37. The molecule has 0 N–H and O–H groups in total. The number of carbonyl (C=O) groups excluding carboxylic acids is 1. The first kappa shape index (κ1) is 9.50. The molecule has 2 aliphatic rings. The highest BCUT2D eigenvalue weighted by Gasteiger charge is 2.28. The van der Waals surface area contributed by atoms with Gasteiger partial charge in [0.15, 0.2) is 0 Å². The largest absolute Gasteiger partial charge is 0.466 e. The average molecular weight is 192 g/mol. The fourth-order valence-corrected chi connectivity index (χ4v) is 2.46. The first-order chi connectivity index (χ1) is 6.83. The summed E-state index contributed by atoms with van der Waals surface area (Å²) in [5, 5.41) is 0. The lowest BCUT2D eigenvalue weighted by atomic mass is 9.76. The third-order valence-corrected chi connectivity index (χ3v) is 3.17. The lowest BCUT2D eigenvalue weighted by molar-refractivity contribution is -0.136. The molecule has 2 aliphatic carbocycles. The first-order valence-electron chi connectivity index (χ1n) is 5.30. The number of esters is 1. The third-order valence-electron chi connectivity index (χ3n) is 3.17. The van der Waals surface area contributed by atoms with Crippen LogP contribution in [0.3, 0.4) is 0 Å². The summed E-state index contributed by atoms with van der Waals surface area (Å²) in [6, 6.07) is 0. The minimum absolute atomic E-state index is 0.137. The van der Waals surface area contributed by atoms with E-state index in [2.05, 4.69) is 6.08 Å². The summed E-state index contributed by atoms with van der Waals surface area (Å²) in [5.74, 6) is 0.229. The van der Waals surface area contributed by atoms with Crippen LogP contribution >= 0.6 is 0 Å². The maximum absolute atomic E-state index is 11.5. The molecule has 0 heterocycles. The van der Waals surface area contributed by atoms with E-state index in [0.29, 0.717) is 5.92 Å². The van der Waals surface area contributed by atoms with Crippen molar-refractivity contribution in [2.24, 2.45) is 5.92 Å². The van der Waals surface area contributed by atoms with E-state index in [9.17, 15) is 4.79 Å². The van der Waals surface area contributed by atoms with Crippen molar-refractivity contribution in [2.75, 3.05) is 7.11 Å². The van der Waals surface area contributed by atoms with Crippen molar-refractivity contribution < 1.29 is 9.53 Å². The molecule has 14 heavy (non-hydrogen) atoms. The predicted octanol–water partition coefficient (Wildman–Crippen LogP) is 2.61. The van der Waals surface area contributed by atoms with E-state index in [1.54, 1.807) is 0 Å². The molecule has 1 unspecified atom stereocenters. The molecule has 0 aromatic rings. The Kier molecular flexibility index (Phi) is 2.71. The summed E-state index contributed by atoms with van der Waals surface area (Å²) in [4.78, 5) is 11.5. The fraction of sp³-hybridized carbons (Fsp3) is 0.583. The van der Waals surface area contributed by atoms with Crippen molar-refractivity contribution in [1.29, 1.82) is 0 Å². The van der Waals surface area contributed by atoms with Crippen LogP contribution in [0, 0.1) is 5.92 Å². The lowest BCUT2D eigenvalue weighted by Gasteiger charge is -2.29. The van der Waals surface area contributed by atoms with E-state index < -0.39 is 0 Å². The van der Waals surface area contributed by atoms with Gasteiger partial charge in [0.25, 0.3) is 0 Å². The van der Waals surface area contributed by atoms with Crippen molar-refractivity contribution in [3.63, 3.8) is 0 Å². The summed E-state index contributed by atoms with van der Waals surface area (Å²) in [7, 11) is 1.46. The maximum Gasteiger partial charge on any atom is 0.334 e. The van der Waals surface area contributed by atoms with Crippen LogP contribution in [-0.4, -0.2) is 13.1 Å². The molecule has 0 bridgehead atoms. The summed E-state index contributed by atoms with van der Waals surface area (Å²) >= 11 is 0. The molecule has 1 atom stereocenters. The van der Waals surface area contributed by atoms with Crippen molar-refractivity contribution in [2.45, 2.75) is 32.1 Å². The van der Waals surface area contributed by atoms with Crippen LogP contribution in [0.25, 0.3) is 0 Å². The van der Waals surface area contributed by atoms with E-state index in [1.165, 1.54) is 31.9 Å². The van der Waals surface area contributed by atoms with Gasteiger partial charge in [0, 0.05) is 11.5 Å². The molecular weight excluding hydrogens is 176 g/mol. The zero-order valence-corrected chi connectivity index (χ0v) is 8.58. The van der Waals surface area contributed by atoms with Crippen LogP contribution in [-0.2, 0) is 9.53 Å². The minimum Gasteiger partial charge on any atom is -0.466 e. The monoisotopic (exact) mass is 192 g/mol. The molecule has 1 fully saturated rings. The Morgan fingerprint density at radius 3 is 3.07 bits per heavy atom. The van der Waals surface area contributed by atoms with E-state index in [1.807, 2.05) is 6.08 Å². The van der Waals surface area contributed by atoms with Gasteiger partial charge in [-0.05, 0) is 25.7 Å². The fourth-order valence-electron chi connectivity index (χ4n) is 2.46. The molecule has 0 radical (unpaired) electrons. The van der Waals surface area contributed by atoms with Gasteiger partial charge in [-0.1, -0.05) is 24.1 Å². The van der Waals surface area contributed by atoms with Crippen LogP contribution in [0.2, 0.25) is 0 Å². The van der Waals surface area contributed by atoms with Crippen molar-refractivity contribution in [3.05, 3.63) is 23.3 Å². The number of methoxy groups -OCH3 is 1. The number of hydrogen-bond acceptors (Lipinski definition) is 2. The van der Waals surface area contributed by atoms with E-state index >= 15 is 0 Å². The Morgan fingerprint density at radius 1 is 1.43 bits per heavy atom. The van der Waals surface area contributed by atoms with Gasteiger partial charge in [0.05, 0.1) is 7.11 Å². The molecule has 2 rings (SSSR count). The second kappa shape index (κ2) is 3.99. The second-order valence-electron chi connectivity index (χ2n) is 3.96. The number of rotatable bonds is 1. The van der Waals surface area contributed by atoms with Crippen molar-refractivity contribution in [3.8, 4) is 0 Å². The normalized spacial score (nSPS) is 25.9. The number of ether oxygens (including phenoxy) is 1. The molecule has 2 heteroatoms. The predicted molar refractivity (Wildman–Crippen MR) is 54.8 cm³/mol. The van der Waals surface area contributed by atoms with Crippen LogP contribution in [0.5, 0.6) is 0 Å². The van der Waals surface area contributed by atoms with Crippen molar-refractivity contribution in [1.82, 2.24) is 0 Å². The molecule has 0 saturated heterocycles. The molecule has 0 spiro atoms. The van der Waals surface area contributed by atoms with Gasteiger partial charge in [-0.3, -0.25) is 0 Å². The van der Waals surface area contributed by atoms with Gasteiger partial charge >= 0.3 is 5.97 Å². The zero-order valence-electron chi connectivity index (χ0n) is 8.58. The summed E-state index contributed by atoms with van der Waals surface area (Å²) in [6.07, 6.45) is 9.98. The Hall–Kier alpha value is -1.05. The van der Waals surface area contributed by atoms with Crippen LogP contribution < -0.4 is 0 Å². The Morgan fingerprint density at radius 2 is 2.29 bits per heavy atom. The molecule has 0 amide bonds.